The highest BCUT2D eigenvalue weighted by Gasteiger charge is 2.28. The van der Waals surface area contributed by atoms with E-state index in [4.69, 9.17) is 16.0 Å². The summed E-state index contributed by atoms with van der Waals surface area (Å²) in [6.07, 6.45) is 2.58. The number of hydrogen-bond acceptors (Lipinski definition) is 4. The molecule has 0 atom stereocenters. The Morgan fingerprint density at radius 1 is 0.857 bits per heavy atom. The Hall–Kier alpha value is -3.41. The third-order valence-electron chi connectivity index (χ3n) is 6.50. The first-order chi connectivity index (χ1) is 17.2. The molecule has 5 rings (SSSR count). The summed E-state index contributed by atoms with van der Waals surface area (Å²) in [5.41, 5.74) is 3.47. The molecule has 1 fully saturated rings. The fourth-order valence-electron chi connectivity index (χ4n) is 4.66. The summed E-state index contributed by atoms with van der Waals surface area (Å²) in [5.74, 6) is 1.41. The predicted octanol–water partition coefficient (Wildman–Crippen LogP) is 5.86. The molecule has 178 valence electrons. The quantitative estimate of drug-likeness (QED) is 0.329. The van der Waals surface area contributed by atoms with Crippen molar-refractivity contribution in [2.24, 2.45) is 0 Å². The number of aromatic nitrogens is 1. The largest absolute Gasteiger partial charge is 0.441 e. The van der Waals surface area contributed by atoms with Crippen LogP contribution in [-0.4, -0.2) is 46.9 Å². The number of carbonyl (C=O) groups is 1. The highest BCUT2D eigenvalue weighted by molar-refractivity contribution is 6.30. The van der Waals surface area contributed by atoms with Crippen LogP contribution in [-0.2, 0) is 11.2 Å². The van der Waals surface area contributed by atoms with Crippen LogP contribution in [0, 0.1) is 0 Å². The van der Waals surface area contributed by atoms with Crippen LogP contribution in [0.25, 0.3) is 11.3 Å². The van der Waals surface area contributed by atoms with Crippen molar-refractivity contribution in [1.82, 2.24) is 14.8 Å². The van der Waals surface area contributed by atoms with Gasteiger partial charge in [-0.2, -0.15) is 0 Å². The van der Waals surface area contributed by atoms with E-state index in [-0.39, 0.29) is 11.9 Å². The van der Waals surface area contributed by atoms with E-state index in [0.717, 1.165) is 31.7 Å². The summed E-state index contributed by atoms with van der Waals surface area (Å²) in [6, 6.07) is 28.8. The Bertz CT molecular complexity index is 1190. The highest BCUT2D eigenvalue weighted by atomic mass is 35.5. The molecule has 4 aromatic rings. The summed E-state index contributed by atoms with van der Waals surface area (Å²) < 4.78 is 5.86. The third-order valence-corrected chi connectivity index (χ3v) is 6.75. The van der Waals surface area contributed by atoms with E-state index in [1.54, 1.807) is 6.20 Å². The van der Waals surface area contributed by atoms with E-state index in [1.165, 1.54) is 11.1 Å². The summed E-state index contributed by atoms with van der Waals surface area (Å²) in [6.45, 7) is 3.10. The lowest BCUT2D eigenvalue weighted by Crippen LogP contribution is -2.49. The number of nitrogens with zero attached hydrogens (tertiary/aromatic N) is 3. The number of benzene rings is 3. The molecule has 0 radical (unpaired) electrons. The summed E-state index contributed by atoms with van der Waals surface area (Å²) in [5, 5.41) is 0.679. The fraction of sp³-hybridized carbons (Fsp3) is 0.241. The molecule has 1 aromatic heterocycles. The second kappa shape index (κ2) is 10.9. The van der Waals surface area contributed by atoms with Crippen molar-refractivity contribution >= 4 is 17.5 Å². The fourth-order valence-corrected chi connectivity index (χ4v) is 4.79. The molecule has 0 unspecified atom stereocenters. The average molecular weight is 486 g/mol. The maximum atomic E-state index is 12.9. The van der Waals surface area contributed by atoms with Crippen LogP contribution >= 0.6 is 11.6 Å². The molecule has 6 heteroatoms. The molecule has 1 amide bonds. The predicted molar refractivity (Wildman–Crippen MR) is 138 cm³/mol. The van der Waals surface area contributed by atoms with Crippen molar-refractivity contribution in [2.75, 3.05) is 26.2 Å². The first kappa shape index (κ1) is 23.3. The molecule has 35 heavy (non-hydrogen) atoms. The normalized spacial score (nSPS) is 14.4. The standard InChI is InChI=1S/C29H28ClN3O2/c30-25-13-11-22(12-14-25)26-21-31-27(35-26)15-16-28(34)32-17-19-33(20-18-32)29(23-7-3-1-4-8-23)24-9-5-2-6-10-24/h1-14,21,29H,15-20H2. The van der Waals surface area contributed by atoms with Gasteiger partial charge in [0.15, 0.2) is 11.7 Å². The smallest absolute Gasteiger partial charge is 0.223 e. The molecule has 0 aliphatic carbocycles. The topological polar surface area (TPSA) is 49.6 Å². The van der Waals surface area contributed by atoms with Gasteiger partial charge in [-0.15, -0.1) is 0 Å². The molecule has 0 N–H and O–H groups in total. The summed E-state index contributed by atoms with van der Waals surface area (Å²) in [4.78, 5) is 21.7. The van der Waals surface area contributed by atoms with Gasteiger partial charge in [0.2, 0.25) is 5.91 Å². The minimum atomic E-state index is 0.145. The number of carbonyl (C=O) groups excluding carboxylic acids is 1. The van der Waals surface area contributed by atoms with E-state index in [9.17, 15) is 4.79 Å². The van der Waals surface area contributed by atoms with Gasteiger partial charge >= 0.3 is 0 Å². The monoisotopic (exact) mass is 485 g/mol. The van der Waals surface area contributed by atoms with Gasteiger partial charge in [0.25, 0.3) is 0 Å². The second-order valence-electron chi connectivity index (χ2n) is 8.77. The van der Waals surface area contributed by atoms with E-state index < -0.39 is 0 Å². The zero-order chi connectivity index (χ0) is 24.0. The SMILES string of the molecule is O=C(CCc1ncc(-c2ccc(Cl)cc2)o1)N1CCN(C(c2ccccc2)c2ccccc2)CC1. The lowest BCUT2D eigenvalue weighted by molar-refractivity contribution is -0.133. The second-order valence-corrected chi connectivity index (χ2v) is 9.20. The molecule has 1 saturated heterocycles. The first-order valence-corrected chi connectivity index (χ1v) is 12.4. The van der Waals surface area contributed by atoms with Gasteiger partial charge in [-0.05, 0) is 35.4 Å². The third kappa shape index (κ3) is 5.64. The van der Waals surface area contributed by atoms with Crippen molar-refractivity contribution in [2.45, 2.75) is 18.9 Å². The number of amides is 1. The van der Waals surface area contributed by atoms with Crippen LogP contribution in [0.15, 0.2) is 95.5 Å². The lowest BCUT2D eigenvalue weighted by atomic mass is 9.96. The molecule has 1 aliphatic heterocycles. The Labute approximate surface area is 211 Å². The molecular weight excluding hydrogens is 458 g/mol. The van der Waals surface area contributed by atoms with E-state index in [0.29, 0.717) is 29.5 Å². The van der Waals surface area contributed by atoms with E-state index >= 15 is 0 Å². The number of aryl methyl sites for hydroxylation is 1. The molecule has 0 saturated carbocycles. The van der Waals surface area contributed by atoms with Crippen molar-refractivity contribution in [3.63, 3.8) is 0 Å². The lowest BCUT2D eigenvalue weighted by Gasteiger charge is -2.39. The minimum absolute atomic E-state index is 0.145. The number of halogens is 1. The molecule has 1 aliphatic rings. The van der Waals surface area contributed by atoms with Gasteiger partial charge in [0, 0.05) is 49.6 Å². The number of hydrogen-bond donors (Lipinski definition) is 0. The van der Waals surface area contributed by atoms with Crippen LogP contribution in [0.1, 0.15) is 29.5 Å². The Balaban J connectivity index is 1.18. The zero-order valence-electron chi connectivity index (χ0n) is 19.5. The first-order valence-electron chi connectivity index (χ1n) is 12.0. The van der Waals surface area contributed by atoms with Crippen LogP contribution in [0.5, 0.6) is 0 Å². The van der Waals surface area contributed by atoms with Crippen LogP contribution in [0.2, 0.25) is 5.02 Å². The molecular formula is C29H28ClN3O2. The molecule has 2 heterocycles. The van der Waals surface area contributed by atoms with Gasteiger partial charge in [0.1, 0.15) is 0 Å². The molecule has 0 spiro atoms. The number of piperazine rings is 1. The summed E-state index contributed by atoms with van der Waals surface area (Å²) in [7, 11) is 0. The van der Waals surface area contributed by atoms with Gasteiger partial charge in [0.05, 0.1) is 12.2 Å². The van der Waals surface area contributed by atoms with Crippen molar-refractivity contribution in [3.8, 4) is 11.3 Å². The van der Waals surface area contributed by atoms with E-state index in [2.05, 4.69) is 70.5 Å². The Morgan fingerprint density at radius 3 is 2.06 bits per heavy atom. The van der Waals surface area contributed by atoms with Crippen LogP contribution in [0.4, 0.5) is 0 Å². The van der Waals surface area contributed by atoms with Crippen molar-refractivity contribution in [1.29, 1.82) is 0 Å². The minimum Gasteiger partial charge on any atom is -0.441 e. The average Bonchev–Trinajstić information content (AvgIpc) is 3.39. The van der Waals surface area contributed by atoms with Gasteiger partial charge < -0.3 is 9.32 Å². The van der Waals surface area contributed by atoms with E-state index in [1.807, 2.05) is 29.2 Å². The maximum Gasteiger partial charge on any atom is 0.223 e. The Morgan fingerprint density at radius 2 is 1.46 bits per heavy atom. The maximum absolute atomic E-state index is 12.9. The number of rotatable bonds is 7. The van der Waals surface area contributed by atoms with Gasteiger partial charge in [-0.25, -0.2) is 4.98 Å². The molecule has 0 bridgehead atoms. The van der Waals surface area contributed by atoms with Crippen LogP contribution in [0.3, 0.4) is 0 Å². The van der Waals surface area contributed by atoms with Gasteiger partial charge in [-0.1, -0.05) is 72.3 Å². The Kier molecular flexibility index (Phi) is 7.26. The zero-order valence-corrected chi connectivity index (χ0v) is 20.3. The van der Waals surface area contributed by atoms with Crippen molar-refractivity contribution < 1.29 is 9.21 Å². The van der Waals surface area contributed by atoms with Crippen LogP contribution < -0.4 is 0 Å². The summed E-state index contributed by atoms with van der Waals surface area (Å²) >= 11 is 5.96. The van der Waals surface area contributed by atoms with Gasteiger partial charge in [-0.3, -0.25) is 9.69 Å². The van der Waals surface area contributed by atoms with Crippen molar-refractivity contribution in [3.05, 3.63) is 113 Å². The molecule has 5 nitrogen and oxygen atoms in total. The molecule has 3 aromatic carbocycles. The highest BCUT2D eigenvalue weighted by Crippen LogP contribution is 2.29. The number of oxazole rings is 1.